The lowest BCUT2D eigenvalue weighted by atomic mass is 9.37. The number of hydrogen-bond acceptors (Lipinski definition) is 7. The number of epoxide rings is 1. The van der Waals surface area contributed by atoms with Gasteiger partial charge < -0.3 is 23.7 Å². The van der Waals surface area contributed by atoms with Gasteiger partial charge in [-0.1, -0.05) is 26.8 Å². The van der Waals surface area contributed by atoms with E-state index in [1.807, 2.05) is 26.0 Å². The zero-order valence-electron chi connectivity index (χ0n) is 19.8. The highest BCUT2D eigenvalue weighted by molar-refractivity contribution is 5.83. The van der Waals surface area contributed by atoms with Gasteiger partial charge in [0.05, 0.1) is 18.6 Å². The molecule has 4 heterocycles. The van der Waals surface area contributed by atoms with Crippen molar-refractivity contribution >= 4 is 11.9 Å². The van der Waals surface area contributed by atoms with Crippen molar-refractivity contribution in [3.8, 4) is 0 Å². The molecular weight excluding hydrogens is 424 g/mol. The Morgan fingerprint density at radius 1 is 1.06 bits per heavy atom. The van der Waals surface area contributed by atoms with Crippen LogP contribution in [-0.2, 0) is 23.8 Å². The highest BCUT2D eigenvalue weighted by Crippen LogP contribution is 2.79. The number of rotatable bonds is 1. The normalized spacial score (nSPS) is 51.8. The van der Waals surface area contributed by atoms with Crippen LogP contribution < -0.4 is 0 Å². The Labute approximate surface area is 193 Å². The third-order valence-electron chi connectivity index (χ3n) is 10.2. The molecule has 1 spiro atoms. The summed E-state index contributed by atoms with van der Waals surface area (Å²) < 4.78 is 23.4. The van der Waals surface area contributed by atoms with Crippen LogP contribution in [-0.4, -0.2) is 40.5 Å². The summed E-state index contributed by atoms with van der Waals surface area (Å²) in [7, 11) is 0. The highest BCUT2D eigenvalue weighted by Gasteiger charge is 2.87. The largest absolute Gasteiger partial charge is 0.472 e. The monoisotopic (exact) mass is 456 g/mol. The van der Waals surface area contributed by atoms with E-state index in [0.717, 1.165) is 18.4 Å². The second-order valence-corrected chi connectivity index (χ2v) is 11.9. The maximum atomic E-state index is 13.1. The van der Waals surface area contributed by atoms with Gasteiger partial charge in [0.25, 0.3) is 0 Å². The Bertz CT molecular complexity index is 1060. The molecule has 178 valence electrons. The van der Waals surface area contributed by atoms with E-state index in [-0.39, 0.29) is 23.8 Å². The van der Waals surface area contributed by atoms with Crippen molar-refractivity contribution in [1.82, 2.24) is 0 Å². The van der Waals surface area contributed by atoms with Crippen LogP contribution >= 0.6 is 0 Å². The third kappa shape index (κ3) is 2.28. The number of esters is 2. The van der Waals surface area contributed by atoms with Gasteiger partial charge in [-0.25, -0.2) is 9.59 Å². The summed E-state index contributed by atoms with van der Waals surface area (Å²) in [6.45, 7) is 10.3. The molecule has 4 fully saturated rings. The van der Waals surface area contributed by atoms with E-state index in [9.17, 15) is 14.7 Å². The summed E-state index contributed by atoms with van der Waals surface area (Å²) in [6, 6.07) is 1.84. The van der Waals surface area contributed by atoms with Gasteiger partial charge in [-0.05, 0) is 50.5 Å². The molecule has 0 bridgehead atoms. The standard InChI is InChI=1S/C26H32O7/c1-22(2)16-12-17(27)25(5)15(23(16,3)9-7-18(28)32-22)6-10-24(4)19(14-8-11-30-13-14)31-21(29)20-26(24,25)33-20/h7-9,11,13,15-17,19-20,27H,6,10,12H2,1-5H3/t15-,16+,17+,19+,20-,23+,24-,25-,26+/m0/s1. The Balaban J connectivity index is 1.52. The summed E-state index contributed by atoms with van der Waals surface area (Å²) >= 11 is 0. The van der Waals surface area contributed by atoms with Gasteiger partial charge in [-0.2, -0.15) is 0 Å². The molecule has 1 aromatic heterocycles. The van der Waals surface area contributed by atoms with E-state index in [2.05, 4.69) is 20.8 Å². The van der Waals surface area contributed by atoms with Gasteiger partial charge in [0.2, 0.25) is 0 Å². The molecule has 5 aliphatic rings. The van der Waals surface area contributed by atoms with Gasteiger partial charge in [0.1, 0.15) is 17.3 Å². The smallest absolute Gasteiger partial charge is 0.339 e. The molecule has 2 saturated heterocycles. The zero-order valence-corrected chi connectivity index (χ0v) is 19.8. The molecule has 2 aliphatic carbocycles. The Kier molecular flexibility index (Phi) is 3.96. The van der Waals surface area contributed by atoms with Gasteiger partial charge in [0, 0.05) is 28.4 Å². The lowest BCUT2D eigenvalue weighted by molar-refractivity contribution is -0.252. The number of carbonyl (C=O) groups excluding carboxylic acids is 2. The minimum Gasteiger partial charge on any atom is -0.472 e. The van der Waals surface area contributed by atoms with Gasteiger partial charge in [-0.15, -0.1) is 0 Å². The van der Waals surface area contributed by atoms with Crippen LogP contribution in [0.4, 0.5) is 0 Å². The second kappa shape index (κ2) is 6.11. The topological polar surface area (TPSA) is 98.5 Å². The fourth-order valence-electron chi connectivity index (χ4n) is 8.79. The van der Waals surface area contributed by atoms with E-state index in [0.29, 0.717) is 6.42 Å². The molecule has 1 aromatic rings. The lowest BCUT2D eigenvalue weighted by Crippen LogP contribution is -2.72. The minimum absolute atomic E-state index is 0.0160. The van der Waals surface area contributed by atoms with Crippen LogP contribution in [0.25, 0.3) is 0 Å². The summed E-state index contributed by atoms with van der Waals surface area (Å²) in [4.78, 5) is 25.5. The van der Waals surface area contributed by atoms with Gasteiger partial charge in [-0.3, -0.25) is 0 Å². The average Bonchev–Trinajstić information content (AvgIpc) is 3.33. The number of hydrogen-bond donors (Lipinski definition) is 1. The first-order valence-electron chi connectivity index (χ1n) is 11.9. The molecule has 0 amide bonds. The van der Waals surface area contributed by atoms with Crippen molar-refractivity contribution in [2.45, 2.75) is 83.4 Å². The first-order valence-corrected chi connectivity index (χ1v) is 11.9. The van der Waals surface area contributed by atoms with E-state index in [1.165, 1.54) is 0 Å². The van der Waals surface area contributed by atoms with Crippen LogP contribution in [0.5, 0.6) is 0 Å². The fraction of sp³-hybridized carbons (Fsp3) is 0.692. The van der Waals surface area contributed by atoms with Crippen LogP contribution in [0, 0.1) is 28.1 Å². The van der Waals surface area contributed by atoms with E-state index in [4.69, 9.17) is 18.6 Å². The number of aliphatic hydroxyl groups is 1. The molecule has 0 radical (unpaired) electrons. The molecule has 7 heteroatoms. The average molecular weight is 457 g/mol. The molecule has 1 N–H and O–H groups in total. The van der Waals surface area contributed by atoms with Crippen molar-refractivity contribution < 1.29 is 33.3 Å². The summed E-state index contributed by atoms with van der Waals surface area (Å²) in [5.74, 6) is -0.820. The van der Waals surface area contributed by atoms with Crippen molar-refractivity contribution in [2.75, 3.05) is 0 Å². The SMILES string of the molecule is CC1(C)OC(=O)C=C[C@@]2(C)[C@@H]1C[C@@H](O)[C@]1(C)[C@H]2CC[C@@]2(C)[C@@H](c3ccoc3)OC(=O)[C@@H]3O[C@@]312. The summed E-state index contributed by atoms with van der Waals surface area (Å²) in [6.07, 6.45) is 6.82. The molecule has 0 aromatic carbocycles. The zero-order chi connectivity index (χ0) is 23.6. The van der Waals surface area contributed by atoms with E-state index in [1.54, 1.807) is 18.6 Å². The first-order chi connectivity index (χ1) is 15.4. The Morgan fingerprint density at radius 2 is 1.82 bits per heavy atom. The summed E-state index contributed by atoms with van der Waals surface area (Å²) in [5.41, 5.74) is -2.44. The quantitative estimate of drug-likeness (QED) is 0.508. The third-order valence-corrected chi connectivity index (χ3v) is 10.2. The van der Waals surface area contributed by atoms with Crippen LogP contribution in [0.15, 0.2) is 35.2 Å². The first kappa shape index (κ1) is 21.4. The second-order valence-electron chi connectivity index (χ2n) is 11.9. The predicted molar refractivity (Wildman–Crippen MR) is 116 cm³/mol. The molecule has 2 saturated carbocycles. The Morgan fingerprint density at radius 3 is 2.52 bits per heavy atom. The van der Waals surface area contributed by atoms with E-state index < -0.39 is 45.8 Å². The molecular formula is C26H32O7. The van der Waals surface area contributed by atoms with Crippen molar-refractivity contribution in [2.24, 2.45) is 28.1 Å². The van der Waals surface area contributed by atoms with Crippen molar-refractivity contribution in [1.29, 1.82) is 0 Å². The molecule has 0 unspecified atom stereocenters. The molecule has 33 heavy (non-hydrogen) atoms. The molecule has 6 rings (SSSR count). The molecule has 3 aliphatic heterocycles. The van der Waals surface area contributed by atoms with Crippen LogP contribution in [0.3, 0.4) is 0 Å². The number of furan rings is 1. The predicted octanol–water partition coefficient (Wildman–Crippen LogP) is 3.72. The van der Waals surface area contributed by atoms with Gasteiger partial charge in [0.15, 0.2) is 6.10 Å². The Hall–Kier alpha value is -2.12. The summed E-state index contributed by atoms with van der Waals surface area (Å²) in [5, 5.41) is 11.8. The van der Waals surface area contributed by atoms with Crippen LogP contribution in [0.1, 0.15) is 65.5 Å². The fourth-order valence-corrected chi connectivity index (χ4v) is 8.79. The minimum atomic E-state index is -0.858. The number of aliphatic hydroxyl groups excluding tert-OH is 1. The number of cyclic esters (lactones) is 2. The maximum absolute atomic E-state index is 13.1. The highest BCUT2D eigenvalue weighted by atomic mass is 16.7. The maximum Gasteiger partial charge on any atom is 0.339 e. The molecule has 7 nitrogen and oxygen atoms in total. The lowest BCUT2D eigenvalue weighted by Gasteiger charge is -2.67. The number of carbonyl (C=O) groups is 2. The molecule has 9 atom stereocenters. The number of ether oxygens (including phenoxy) is 3. The van der Waals surface area contributed by atoms with Crippen LogP contribution in [0.2, 0.25) is 0 Å². The van der Waals surface area contributed by atoms with Crippen molar-refractivity contribution in [3.63, 3.8) is 0 Å². The van der Waals surface area contributed by atoms with Gasteiger partial charge >= 0.3 is 11.9 Å². The van der Waals surface area contributed by atoms with E-state index >= 15 is 0 Å². The number of fused-ring (bicyclic) bond motifs is 3. The van der Waals surface area contributed by atoms with Crippen molar-refractivity contribution in [3.05, 3.63) is 36.3 Å². The number of allylic oxidation sites excluding steroid dienone is 1.